The van der Waals surface area contributed by atoms with Crippen molar-refractivity contribution in [2.75, 3.05) is 13.1 Å². The van der Waals surface area contributed by atoms with Gasteiger partial charge in [-0.3, -0.25) is 4.79 Å². The van der Waals surface area contributed by atoms with Crippen LogP contribution in [-0.2, 0) is 9.53 Å². The van der Waals surface area contributed by atoms with Crippen LogP contribution in [0.4, 0.5) is 4.79 Å². The van der Waals surface area contributed by atoms with Crippen LogP contribution in [0.2, 0.25) is 0 Å². The summed E-state index contributed by atoms with van der Waals surface area (Å²) in [5.41, 5.74) is 1.08. The van der Waals surface area contributed by atoms with Crippen LogP contribution in [0.3, 0.4) is 0 Å². The van der Waals surface area contributed by atoms with Crippen LogP contribution in [0, 0.1) is 5.92 Å². The van der Waals surface area contributed by atoms with Gasteiger partial charge in [0.1, 0.15) is 6.10 Å². The Labute approximate surface area is 136 Å². The first kappa shape index (κ1) is 14.5. The molecule has 122 valence electrons. The molecule has 2 atom stereocenters. The summed E-state index contributed by atoms with van der Waals surface area (Å²) in [7, 11) is 0. The Morgan fingerprint density at radius 1 is 1.22 bits per heavy atom. The van der Waals surface area contributed by atoms with Crippen molar-refractivity contribution in [3.05, 3.63) is 35.9 Å². The summed E-state index contributed by atoms with van der Waals surface area (Å²) in [5.74, 6) is 0.430. The lowest BCUT2D eigenvalue weighted by molar-refractivity contribution is -0.123. The lowest BCUT2D eigenvalue weighted by Crippen LogP contribution is -2.38. The number of hydrogen-bond donors (Lipinski definition) is 1. The van der Waals surface area contributed by atoms with Crippen molar-refractivity contribution in [2.45, 2.75) is 43.7 Å². The Morgan fingerprint density at radius 2 is 1.96 bits per heavy atom. The lowest BCUT2D eigenvalue weighted by atomic mass is 9.93. The zero-order valence-electron chi connectivity index (χ0n) is 13.1. The molecular weight excluding hydrogens is 292 g/mol. The summed E-state index contributed by atoms with van der Waals surface area (Å²) in [6, 6.07) is 10.3. The third-order valence-corrected chi connectivity index (χ3v) is 4.93. The highest BCUT2D eigenvalue weighted by Crippen LogP contribution is 2.42. The minimum atomic E-state index is -0.228. The van der Waals surface area contributed by atoms with E-state index in [2.05, 4.69) is 5.32 Å². The van der Waals surface area contributed by atoms with Gasteiger partial charge in [0.2, 0.25) is 5.91 Å². The number of hydrogen-bond acceptors (Lipinski definition) is 3. The smallest absolute Gasteiger partial charge is 0.410 e. The van der Waals surface area contributed by atoms with E-state index in [4.69, 9.17) is 4.74 Å². The Morgan fingerprint density at radius 3 is 2.61 bits per heavy atom. The van der Waals surface area contributed by atoms with Gasteiger partial charge >= 0.3 is 6.09 Å². The maximum absolute atomic E-state index is 12.6. The molecule has 1 aromatic carbocycles. The van der Waals surface area contributed by atoms with Crippen molar-refractivity contribution in [1.29, 1.82) is 0 Å². The van der Waals surface area contributed by atoms with Gasteiger partial charge in [0, 0.05) is 6.04 Å². The van der Waals surface area contributed by atoms with Gasteiger partial charge in [0.15, 0.2) is 0 Å². The van der Waals surface area contributed by atoms with Crippen molar-refractivity contribution in [2.24, 2.45) is 5.92 Å². The van der Waals surface area contributed by atoms with E-state index in [1.807, 2.05) is 30.3 Å². The summed E-state index contributed by atoms with van der Waals surface area (Å²) < 4.78 is 5.36. The molecule has 2 saturated carbocycles. The fourth-order valence-corrected chi connectivity index (χ4v) is 3.38. The molecule has 0 radical (unpaired) electrons. The van der Waals surface area contributed by atoms with E-state index in [1.54, 1.807) is 4.90 Å². The van der Waals surface area contributed by atoms with Gasteiger partial charge in [-0.2, -0.15) is 0 Å². The molecule has 0 spiro atoms. The van der Waals surface area contributed by atoms with Gasteiger partial charge in [-0.05, 0) is 37.2 Å². The number of nitrogens with one attached hydrogen (secondary N) is 1. The second kappa shape index (κ2) is 5.87. The largest absolute Gasteiger partial charge is 0.442 e. The van der Waals surface area contributed by atoms with Gasteiger partial charge in [-0.15, -0.1) is 0 Å². The van der Waals surface area contributed by atoms with Crippen molar-refractivity contribution < 1.29 is 14.3 Å². The molecule has 1 heterocycles. The molecule has 2 amide bonds. The number of benzene rings is 1. The Kier molecular flexibility index (Phi) is 3.71. The number of nitrogens with zero attached hydrogens (tertiary/aromatic N) is 1. The van der Waals surface area contributed by atoms with Crippen LogP contribution in [0.25, 0.3) is 0 Å². The maximum atomic E-state index is 12.6. The highest BCUT2D eigenvalue weighted by atomic mass is 16.6. The number of carbonyl (C=O) groups is 2. The molecule has 1 aliphatic heterocycles. The van der Waals surface area contributed by atoms with Crippen LogP contribution >= 0.6 is 0 Å². The highest BCUT2D eigenvalue weighted by molar-refractivity contribution is 5.84. The third-order valence-electron chi connectivity index (χ3n) is 4.93. The van der Waals surface area contributed by atoms with Crippen molar-refractivity contribution in [1.82, 2.24) is 10.2 Å². The van der Waals surface area contributed by atoms with Crippen molar-refractivity contribution in [3.63, 3.8) is 0 Å². The molecule has 4 rings (SSSR count). The fourth-order valence-electron chi connectivity index (χ4n) is 3.38. The van der Waals surface area contributed by atoms with Crippen LogP contribution in [0.1, 0.15) is 37.2 Å². The summed E-state index contributed by atoms with van der Waals surface area (Å²) in [4.78, 5) is 26.2. The monoisotopic (exact) mass is 314 g/mol. The van der Waals surface area contributed by atoms with E-state index in [1.165, 1.54) is 0 Å². The number of carbonyl (C=O) groups excluding carboxylic acids is 2. The first-order valence-corrected chi connectivity index (χ1v) is 8.52. The van der Waals surface area contributed by atoms with Gasteiger partial charge < -0.3 is 15.0 Å². The Bertz CT molecular complexity index is 596. The fraction of sp³-hybridized carbons (Fsp3) is 0.556. The second-order valence-electron chi connectivity index (χ2n) is 6.86. The zero-order chi connectivity index (χ0) is 15.8. The van der Waals surface area contributed by atoms with E-state index in [-0.39, 0.29) is 24.0 Å². The molecule has 1 N–H and O–H groups in total. The van der Waals surface area contributed by atoms with E-state index in [0.717, 1.165) is 31.2 Å². The standard InChI is InChI=1S/C18H22N2O3/c21-17(16(13-6-7-13)12-4-2-1-3-5-12)19-10-15-11-20(14-8-9-14)18(22)23-15/h1-5,13-16H,6-11H2,(H,19,21). The molecule has 5 nitrogen and oxygen atoms in total. The maximum Gasteiger partial charge on any atom is 0.410 e. The molecule has 0 aromatic heterocycles. The average molecular weight is 314 g/mol. The number of ether oxygens (including phenoxy) is 1. The molecule has 3 fully saturated rings. The third kappa shape index (κ3) is 3.19. The molecule has 1 saturated heterocycles. The first-order valence-electron chi connectivity index (χ1n) is 8.52. The van der Waals surface area contributed by atoms with Gasteiger partial charge in [0.25, 0.3) is 0 Å². The minimum Gasteiger partial charge on any atom is -0.442 e. The highest BCUT2D eigenvalue weighted by Gasteiger charge is 2.42. The Balaban J connectivity index is 1.35. The predicted octanol–water partition coefficient (Wildman–Crippen LogP) is 2.28. The normalized spacial score (nSPS) is 25.1. The molecule has 3 aliphatic rings. The number of cyclic esters (lactones) is 1. The molecule has 23 heavy (non-hydrogen) atoms. The molecule has 1 aromatic rings. The van der Waals surface area contributed by atoms with E-state index < -0.39 is 0 Å². The van der Waals surface area contributed by atoms with Gasteiger partial charge in [0.05, 0.1) is 19.0 Å². The van der Waals surface area contributed by atoms with Crippen LogP contribution in [0.5, 0.6) is 0 Å². The van der Waals surface area contributed by atoms with Crippen LogP contribution in [-0.4, -0.2) is 42.1 Å². The number of amides is 2. The molecule has 2 aliphatic carbocycles. The van der Waals surface area contributed by atoms with Crippen molar-refractivity contribution >= 4 is 12.0 Å². The first-order chi connectivity index (χ1) is 11.2. The van der Waals surface area contributed by atoms with Crippen molar-refractivity contribution in [3.8, 4) is 0 Å². The van der Waals surface area contributed by atoms with Crippen LogP contribution in [0.15, 0.2) is 30.3 Å². The van der Waals surface area contributed by atoms with E-state index >= 15 is 0 Å². The summed E-state index contributed by atoms with van der Waals surface area (Å²) in [6.45, 7) is 1.01. The van der Waals surface area contributed by atoms with E-state index in [0.29, 0.717) is 25.0 Å². The van der Waals surface area contributed by atoms with E-state index in [9.17, 15) is 9.59 Å². The molecular formula is C18H22N2O3. The minimum absolute atomic E-state index is 0.0552. The SMILES string of the molecule is O=C(NCC1CN(C2CC2)C(=O)O1)C(c1ccccc1)C1CC1. The van der Waals surface area contributed by atoms with Gasteiger partial charge in [-0.25, -0.2) is 4.79 Å². The lowest BCUT2D eigenvalue weighted by Gasteiger charge is -2.18. The summed E-state index contributed by atoms with van der Waals surface area (Å²) in [6.07, 6.45) is 3.93. The zero-order valence-corrected chi connectivity index (χ0v) is 13.1. The molecule has 0 bridgehead atoms. The average Bonchev–Trinajstić information content (AvgIpc) is 3.46. The quantitative estimate of drug-likeness (QED) is 0.876. The van der Waals surface area contributed by atoms with Crippen LogP contribution < -0.4 is 5.32 Å². The summed E-state index contributed by atoms with van der Waals surface area (Å²) >= 11 is 0. The van der Waals surface area contributed by atoms with Gasteiger partial charge in [-0.1, -0.05) is 30.3 Å². The molecule has 5 heteroatoms. The predicted molar refractivity (Wildman–Crippen MR) is 84.9 cm³/mol. The molecule has 2 unspecified atom stereocenters. The number of rotatable bonds is 6. The second-order valence-corrected chi connectivity index (χ2v) is 6.86. The Hall–Kier alpha value is -2.04. The topological polar surface area (TPSA) is 58.6 Å². The summed E-state index contributed by atoms with van der Waals surface area (Å²) in [5, 5.41) is 3.00.